The minimum atomic E-state index is -2.75. The third-order valence-corrected chi connectivity index (χ3v) is 5.30. The summed E-state index contributed by atoms with van der Waals surface area (Å²) in [5.74, 6) is -13.8. The molecule has 4 rings (SSSR count). The van der Waals surface area contributed by atoms with E-state index in [1.807, 2.05) is 0 Å². The zero-order valence-corrected chi connectivity index (χ0v) is 15.7. The van der Waals surface area contributed by atoms with Crippen LogP contribution in [-0.2, 0) is 28.0 Å². The summed E-state index contributed by atoms with van der Waals surface area (Å²) in [6, 6.07) is 13.9. The van der Waals surface area contributed by atoms with E-state index < -0.39 is 58.2 Å². The fraction of sp³-hybridized carbons (Fsp3) is 0.130. The van der Waals surface area contributed by atoms with Gasteiger partial charge in [-0.05, 0) is 11.1 Å². The quantitative estimate of drug-likeness (QED) is 0.196. The lowest BCUT2D eigenvalue weighted by Crippen LogP contribution is -2.45. The monoisotopic (exact) mass is 432 g/mol. The van der Waals surface area contributed by atoms with Crippen LogP contribution >= 0.6 is 0 Å². The number of benzene rings is 3. The summed E-state index contributed by atoms with van der Waals surface area (Å²) in [5.41, 5.74) is -3.58. The number of ketones is 1. The van der Waals surface area contributed by atoms with Crippen LogP contribution in [0.5, 0.6) is 0 Å². The maximum atomic E-state index is 14.7. The highest BCUT2D eigenvalue weighted by Gasteiger charge is 2.58. The zero-order valence-electron chi connectivity index (χ0n) is 15.7. The molecule has 3 aromatic rings. The van der Waals surface area contributed by atoms with Crippen molar-refractivity contribution in [1.29, 1.82) is 0 Å². The molecule has 1 aliphatic rings. The molecule has 31 heavy (non-hydrogen) atoms. The Labute approximate surface area is 173 Å². The lowest BCUT2D eigenvalue weighted by atomic mass is 9.76. The van der Waals surface area contributed by atoms with Crippen molar-refractivity contribution in [3.63, 3.8) is 0 Å². The normalized spacial score (nSPS) is 17.5. The van der Waals surface area contributed by atoms with E-state index in [-0.39, 0.29) is 17.7 Å². The summed E-state index contributed by atoms with van der Waals surface area (Å²) in [6.07, 6.45) is -0.603. The molecule has 1 unspecified atom stereocenters. The average Bonchev–Trinajstić information content (AvgIpc) is 3.09. The highest BCUT2D eigenvalue weighted by Crippen LogP contribution is 2.44. The van der Waals surface area contributed by atoms with Gasteiger partial charge in [-0.15, -0.1) is 0 Å². The van der Waals surface area contributed by atoms with Crippen LogP contribution in [0.15, 0.2) is 54.6 Å². The average molecular weight is 432 g/mol. The summed E-state index contributed by atoms with van der Waals surface area (Å²) in [7, 11) is 0. The minimum absolute atomic E-state index is 0.0527. The molecule has 1 aliphatic carbocycles. The number of carbonyl (C=O) groups is 2. The first-order chi connectivity index (χ1) is 14.8. The van der Waals surface area contributed by atoms with E-state index in [2.05, 4.69) is 0 Å². The minimum Gasteiger partial charge on any atom is -0.460 e. The van der Waals surface area contributed by atoms with Gasteiger partial charge in [0.15, 0.2) is 34.5 Å². The van der Waals surface area contributed by atoms with Crippen molar-refractivity contribution in [2.75, 3.05) is 0 Å². The van der Waals surface area contributed by atoms with Gasteiger partial charge in [0.1, 0.15) is 6.61 Å². The number of carbonyl (C=O) groups excluding carboxylic acids is 2. The van der Waals surface area contributed by atoms with E-state index in [0.717, 1.165) is 0 Å². The van der Waals surface area contributed by atoms with Gasteiger partial charge in [0.05, 0.1) is 5.56 Å². The molecule has 0 saturated heterocycles. The Morgan fingerprint density at radius 1 is 0.806 bits per heavy atom. The summed E-state index contributed by atoms with van der Waals surface area (Å²) in [5, 5.41) is 0. The lowest BCUT2D eigenvalue weighted by molar-refractivity contribution is -0.150. The van der Waals surface area contributed by atoms with Gasteiger partial charge in [-0.2, -0.15) is 0 Å². The molecule has 0 radical (unpaired) electrons. The number of halogens is 5. The molecule has 3 aromatic carbocycles. The standard InChI is InChI=1S/C23H13F5O3/c24-16-15(17(25)19(27)20(28)18(16)26)23(10-13-8-4-5-9-14(13)21(23)29)22(30)31-11-12-6-2-1-3-7-12/h1-9H,10-11H2. The van der Waals surface area contributed by atoms with E-state index in [9.17, 15) is 31.5 Å². The Morgan fingerprint density at radius 3 is 1.97 bits per heavy atom. The van der Waals surface area contributed by atoms with E-state index in [1.165, 1.54) is 24.3 Å². The lowest BCUT2D eigenvalue weighted by Gasteiger charge is -2.27. The molecule has 0 fully saturated rings. The molecular formula is C23H13F5O3. The largest absolute Gasteiger partial charge is 0.460 e. The number of rotatable bonds is 4. The first-order valence-electron chi connectivity index (χ1n) is 9.14. The van der Waals surface area contributed by atoms with E-state index in [0.29, 0.717) is 5.56 Å². The molecule has 0 saturated carbocycles. The molecule has 0 bridgehead atoms. The molecule has 3 nitrogen and oxygen atoms in total. The highest BCUT2D eigenvalue weighted by molar-refractivity contribution is 6.20. The molecule has 0 amide bonds. The van der Waals surface area contributed by atoms with Crippen LogP contribution in [0.3, 0.4) is 0 Å². The molecule has 1 atom stereocenters. The Kier molecular flexibility index (Phi) is 5.08. The van der Waals surface area contributed by atoms with Crippen molar-refractivity contribution < 1.29 is 36.3 Å². The van der Waals surface area contributed by atoms with Crippen LogP contribution in [0.2, 0.25) is 0 Å². The molecule has 0 aliphatic heterocycles. The predicted octanol–water partition coefficient (Wildman–Crippen LogP) is 4.80. The zero-order chi connectivity index (χ0) is 22.3. The number of hydrogen-bond acceptors (Lipinski definition) is 3. The van der Waals surface area contributed by atoms with E-state index in [4.69, 9.17) is 4.74 Å². The van der Waals surface area contributed by atoms with Gasteiger partial charge in [0, 0.05) is 12.0 Å². The topological polar surface area (TPSA) is 43.4 Å². The van der Waals surface area contributed by atoms with Gasteiger partial charge in [0.2, 0.25) is 5.82 Å². The van der Waals surface area contributed by atoms with E-state index >= 15 is 0 Å². The second-order valence-corrected chi connectivity index (χ2v) is 7.08. The SMILES string of the molecule is O=C(OCc1ccccc1)C1(c2c(F)c(F)c(F)c(F)c2F)Cc2ccccc2C1=O. The Bertz CT molecular complexity index is 1180. The first-order valence-corrected chi connectivity index (χ1v) is 9.14. The maximum Gasteiger partial charge on any atom is 0.325 e. The van der Waals surface area contributed by atoms with Crippen molar-refractivity contribution in [3.05, 3.63) is 106 Å². The predicted molar refractivity (Wildman–Crippen MR) is 98.6 cm³/mol. The van der Waals surface area contributed by atoms with Crippen molar-refractivity contribution in [2.45, 2.75) is 18.4 Å². The van der Waals surface area contributed by atoms with Gasteiger partial charge in [-0.3, -0.25) is 9.59 Å². The van der Waals surface area contributed by atoms with Gasteiger partial charge < -0.3 is 4.74 Å². The summed E-state index contributed by atoms with van der Waals surface area (Å²) in [6.45, 7) is -0.361. The number of hydrogen-bond donors (Lipinski definition) is 0. The molecule has 158 valence electrons. The van der Waals surface area contributed by atoms with Crippen molar-refractivity contribution in [2.24, 2.45) is 0 Å². The summed E-state index contributed by atoms with van der Waals surface area (Å²) in [4.78, 5) is 26.3. The van der Waals surface area contributed by atoms with Crippen molar-refractivity contribution >= 4 is 11.8 Å². The van der Waals surface area contributed by atoms with Gasteiger partial charge in [-0.25, -0.2) is 22.0 Å². The Balaban J connectivity index is 1.89. The highest BCUT2D eigenvalue weighted by atomic mass is 19.2. The molecule has 8 heteroatoms. The van der Waals surface area contributed by atoms with Crippen LogP contribution in [-0.4, -0.2) is 11.8 Å². The Hall–Kier alpha value is -3.55. The second kappa shape index (κ2) is 7.61. The van der Waals surface area contributed by atoms with Gasteiger partial charge in [0.25, 0.3) is 0 Å². The van der Waals surface area contributed by atoms with Crippen molar-refractivity contribution in [3.8, 4) is 0 Å². The molecular weight excluding hydrogens is 419 g/mol. The number of esters is 1. The smallest absolute Gasteiger partial charge is 0.325 e. The number of fused-ring (bicyclic) bond motifs is 1. The summed E-state index contributed by atoms with van der Waals surface area (Å²) < 4.78 is 76.2. The van der Waals surface area contributed by atoms with Crippen LogP contribution < -0.4 is 0 Å². The number of Topliss-reactive ketones (excluding diaryl/α,β-unsaturated/α-hetero) is 1. The first kappa shape index (κ1) is 20.7. The second-order valence-electron chi connectivity index (χ2n) is 7.08. The van der Waals surface area contributed by atoms with Gasteiger partial charge >= 0.3 is 5.97 Å². The fourth-order valence-corrected chi connectivity index (χ4v) is 3.79. The third kappa shape index (κ3) is 3.10. The van der Waals surface area contributed by atoms with Crippen molar-refractivity contribution in [1.82, 2.24) is 0 Å². The van der Waals surface area contributed by atoms with Crippen LogP contribution in [0, 0.1) is 29.1 Å². The summed E-state index contributed by atoms with van der Waals surface area (Å²) >= 11 is 0. The van der Waals surface area contributed by atoms with Crippen LogP contribution in [0.1, 0.15) is 27.0 Å². The third-order valence-electron chi connectivity index (χ3n) is 5.30. The van der Waals surface area contributed by atoms with Crippen LogP contribution in [0.25, 0.3) is 0 Å². The molecule has 0 spiro atoms. The van der Waals surface area contributed by atoms with E-state index in [1.54, 1.807) is 30.3 Å². The fourth-order valence-electron chi connectivity index (χ4n) is 3.79. The molecule has 0 aromatic heterocycles. The van der Waals surface area contributed by atoms with Crippen LogP contribution in [0.4, 0.5) is 22.0 Å². The molecule has 0 N–H and O–H groups in total. The molecule has 0 heterocycles. The maximum absolute atomic E-state index is 14.7. The van der Waals surface area contributed by atoms with Gasteiger partial charge in [-0.1, -0.05) is 54.6 Å². The Morgan fingerprint density at radius 2 is 1.35 bits per heavy atom. The number of ether oxygens (including phenoxy) is 1.